The molecule has 25 heavy (non-hydrogen) atoms. The molecule has 0 amide bonds. The number of aryl methyl sites for hydroxylation is 1. The molecule has 0 bridgehead atoms. The normalized spacial score (nSPS) is 17.5. The van der Waals surface area contributed by atoms with E-state index in [-0.39, 0.29) is 0 Å². The first kappa shape index (κ1) is 18.2. The van der Waals surface area contributed by atoms with Crippen molar-refractivity contribution in [3.63, 3.8) is 0 Å². The zero-order chi connectivity index (χ0) is 17.6. The van der Waals surface area contributed by atoms with E-state index in [1.165, 1.54) is 0 Å². The third-order valence-electron chi connectivity index (χ3n) is 4.16. The van der Waals surface area contributed by atoms with E-state index in [4.69, 9.17) is 9.15 Å². The Morgan fingerprint density at radius 3 is 2.96 bits per heavy atom. The molecule has 7 heteroatoms. The van der Waals surface area contributed by atoms with Crippen molar-refractivity contribution in [3.05, 3.63) is 42.1 Å². The Balaban J connectivity index is 1.62. The maximum absolute atomic E-state index is 5.70. The van der Waals surface area contributed by atoms with Crippen LogP contribution in [0.25, 0.3) is 0 Å². The van der Waals surface area contributed by atoms with Crippen LogP contribution in [-0.4, -0.2) is 45.2 Å². The van der Waals surface area contributed by atoms with Crippen molar-refractivity contribution < 1.29 is 9.15 Å². The summed E-state index contributed by atoms with van der Waals surface area (Å²) in [6.45, 7) is 8.87. The fourth-order valence-corrected chi connectivity index (χ4v) is 3.96. The SMILES string of the molecule is C=CCn1c(CN(C)Cc2ccc(C)o2)nnc1SC[C@@H]1CCCO1. The van der Waals surface area contributed by atoms with Gasteiger partial charge in [0.15, 0.2) is 5.16 Å². The molecule has 3 rings (SSSR count). The van der Waals surface area contributed by atoms with E-state index < -0.39 is 0 Å². The third-order valence-corrected chi connectivity index (χ3v) is 5.26. The van der Waals surface area contributed by atoms with Crippen LogP contribution in [0.1, 0.15) is 30.2 Å². The average Bonchev–Trinajstić information content (AvgIpc) is 3.30. The van der Waals surface area contributed by atoms with E-state index in [0.29, 0.717) is 19.2 Å². The van der Waals surface area contributed by atoms with Crippen molar-refractivity contribution >= 4 is 11.8 Å². The largest absolute Gasteiger partial charge is 0.465 e. The second kappa shape index (κ2) is 8.69. The van der Waals surface area contributed by atoms with Crippen LogP contribution in [0.4, 0.5) is 0 Å². The van der Waals surface area contributed by atoms with E-state index >= 15 is 0 Å². The molecule has 0 saturated carbocycles. The summed E-state index contributed by atoms with van der Waals surface area (Å²) in [4.78, 5) is 2.18. The summed E-state index contributed by atoms with van der Waals surface area (Å²) in [6, 6.07) is 4.01. The number of furan rings is 1. The zero-order valence-corrected chi connectivity index (χ0v) is 15.8. The van der Waals surface area contributed by atoms with Gasteiger partial charge in [0.1, 0.15) is 17.3 Å². The number of ether oxygens (including phenoxy) is 1. The summed E-state index contributed by atoms with van der Waals surface area (Å²) in [5.74, 6) is 3.77. The molecule has 1 atom stereocenters. The molecule has 0 radical (unpaired) electrons. The van der Waals surface area contributed by atoms with Gasteiger partial charge in [-0.05, 0) is 38.9 Å². The van der Waals surface area contributed by atoms with Gasteiger partial charge in [-0.3, -0.25) is 4.90 Å². The predicted molar refractivity (Wildman–Crippen MR) is 98.5 cm³/mol. The Labute approximate surface area is 153 Å². The van der Waals surface area contributed by atoms with Crippen LogP contribution in [0.15, 0.2) is 34.4 Å². The van der Waals surface area contributed by atoms with Crippen LogP contribution < -0.4 is 0 Å². The second-order valence-corrected chi connectivity index (χ2v) is 7.42. The quantitative estimate of drug-likeness (QED) is 0.504. The fraction of sp³-hybridized carbons (Fsp3) is 0.556. The van der Waals surface area contributed by atoms with E-state index in [1.807, 2.05) is 25.1 Å². The van der Waals surface area contributed by atoms with Gasteiger partial charge in [0.05, 0.1) is 19.2 Å². The number of nitrogens with zero attached hydrogens (tertiary/aromatic N) is 4. The third kappa shape index (κ3) is 4.96. The second-order valence-electron chi connectivity index (χ2n) is 6.43. The van der Waals surface area contributed by atoms with Crippen molar-refractivity contribution in [1.82, 2.24) is 19.7 Å². The van der Waals surface area contributed by atoms with Gasteiger partial charge in [0.25, 0.3) is 0 Å². The van der Waals surface area contributed by atoms with Crippen LogP contribution in [0, 0.1) is 6.92 Å². The Morgan fingerprint density at radius 1 is 1.40 bits per heavy atom. The van der Waals surface area contributed by atoms with Gasteiger partial charge in [-0.15, -0.1) is 16.8 Å². The summed E-state index contributed by atoms with van der Waals surface area (Å²) >= 11 is 1.72. The summed E-state index contributed by atoms with van der Waals surface area (Å²) in [7, 11) is 2.06. The number of allylic oxidation sites excluding steroid dienone is 1. The highest BCUT2D eigenvalue weighted by Crippen LogP contribution is 2.23. The lowest BCUT2D eigenvalue weighted by Gasteiger charge is -2.16. The van der Waals surface area contributed by atoms with Crippen LogP contribution >= 0.6 is 11.8 Å². The molecule has 1 fully saturated rings. The number of aromatic nitrogens is 3. The Kier molecular flexibility index (Phi) is 6.34. The minimum absolute atomic E-state index is 0.340. The summed E-state index contributed by atoms with van der Waals surface area (Å²) < 4.78 is 13.5. The Hall–Kier alpha value is -1.57. The highest BCUT2D eigenvalue weighted by atomic mass is 32.2. The minimum Gasteiger partial charge on any atom is -0.465 e. The van der Waals surface area contributed by atoms with Gasteiger partial charge < -0.3 is 13.7 Å². The molecule has 0 aliphatic carbocycles. The fourth-order valence-electron chi connectivity index (χ4n) is 2.93. The number of hydrogen-bond acceptors (Lipinski definition) is 6. The predicted octanol–water partition coefficient (Wildman–Crippen LogP) is 3.27. The maximum atomic E-state index is 5.70. The topological polar surface area (TPSA) is 56.3 Å². The van der Waals surface area contributed by atoms with Crippen LogP contribution in [-0.2, 0) is 24.4 Å². The monoisotopic (exact) mass is 362 g/mol. The van der Waals surface area contributed by atoms with Crippen molar-refractivity contribution in [2.75, 3.05) is 19.4 Å². The van der Waals surface area contributed by atoms with E-state index in [2.05, 4.69) is 33.3 Å². The van der Waals surface area contributed by atoms with Crippen molar-refractivity contribution in [3.8, 4) is 0 Å². The first-order valence-electron chi connectivity index (χ1n) is 8.67. The molecule has 0 spiro atoms. The molecule has 2 aromatic heterocycles. The summed E-state index contributed by atoms with van der Waals surface area (Å²) in [5, 5.41) is 9.72. The highest BCUT2D eigenvalue weighted by molar-refractivity contribution is 7.99. The van der Waals surface area contributed by atoms with E-state index in [9.17, 15) is 0 Å². The zero-order valence-electron chi connectivity index (χ0n) is 15.0. The smallest absolute Gasteiger partial charge is 0.191 e. The number of rotatable bonds is 9. The molecule has 1 aliphatic heterocycles. The summed E-state index contributed by atoms with van der Waals surface area (Å²) in [6.07, 6.45) is 4.53. The Morgan fingerprint density at radius 2 is 2.28 bits per heavy atom. The van der Waals surface area contributed by atoms with Crippen LogP contribution in [0.3, 0.4) is 0 Å². The molecule has 0 N–H and O–H groups in total. The van der Waals surface area contributed by atoms with E-state index in [1.54, 1.807) is 11.8 Å². The van der Waals surface area contributed by atoms with Crippen LogP contribution in [0.2, 0.25) is 0 Å². The van der Waals surface area contributed by atoms with Gasteiger partial charge in [0.2, 0.25) is 0 Å². The Bertz CT molecular complexity index is 691. The lowest BCUT2D eigenvalue weighted by molar-refractivity contribution is 0.129. The molecule has 0 aromatic carbocycles. The van der Waals surface area contributed by atoms with E-state index in [0.717, 1.165) is 54.2 Å². The van der Waals surface area contributed by atoms with Crippen molar-refractivity contribution in [1.29, 1.82) is 0 Å². The first-order chi connectivity index (χ1) is 12.2. The molecule has 3 heterocycles. The summed E-state index contributed by atoms with van der Waals surface area (Å²) in [5.41, 5.74) is 0. The molecular weight excluding hydrogens is 336 g/mol. The molecule has 136 valence electrons. The first-order valence-corrected chi connectivity index (χ1v) is 9.65. The minimum atomic E-state index is 0.340. The number of thioether (sulfide) groups is 1. The molecule has 1 saturated heterocycles. The molecular formula is C18H26N4O2S. The molecule has 1 aliphatic rings. The standard InChI is InChI=1S/C18H26N4O2S/c1-4-9-22-17(12-21(3)11-15-8-7-14(2)24-15)19-20-18(22)25-13-16-6-5-10-23-16/h4,7-8,16H,1,5-6,9-13H2,2-3H3/t16-/m0/s1. The van der Waals surface area contributed by atoms with Gasteiger partial charge in [-0.1, -0.05) is 17.8 Å². The molecule has 0 unspecified atom stereocenters. The maximum Gasteiger partial charge on any atom is 0.191 e. The van der Waals surface area contributed by atoms with Gasteiger partial charge in [-0.2, -0.15) is 0 Å². The lowest BCUT2D eigenvalue weighted by Crippen LogP contribution is -2.20. The van der Waals surface area contributed by atoms with Crippen LogP contribution in [0.5, 0.6) is 0 Å². The number of hydrogen-bond donors (Lipinski definition) is 0. The van der Waals surface area contributed by atoms with Gasteiger partial charge >= 0.3 is 0 Å². The molecule has 6 nitrogen and oxygen atoms in total. The lowest BCUT2D eigenvalue weighted by atomic mass is 10.3. The van der Waals surface area contributed by atoms with Gasteiger partial charge in [-0.25, -0.2) is 0 Å². The van der Waals surface area contributed by atoms with Crippen molar-refractivity contribution in [2.45, 2.75) is 50.7 Å². The highest BCUT2D eigenvalue weighted by Gasteiger charge is 2.19. The molecule has 2 aromatic rings. The average molecular weight is 362 g/mol. The van der Waals surface area contributed by atoms with Crippen molar-refractivity contribution in [2.24, 2.45) is 0 Å². The van der Waals surface area contributed by atoms with Gasteiger partial charge in [0, 0.05) is 18.9 Å².